The van der Waals surface area contributed by atoms with Crippen molar-refractivity contribution in [3.05, 3.63) is 77.5 Å². The molecule has 0 aliphatic carbocycles. The van der Waals surface area contributed by atoms with Gasteiger partial charge in [0, 0.05) is 11.3 Å². The van der Waals surface area contributed by atoms with Crippen LogP contribution in [-0.2, 0) is 16.0 Å². The zero-order valence-corrected chi connectivity index (χ0v) is 19.1. The lowest BCUT2D eigenvalue weighted by molar-refractivity contribution is -0.153. The molecule has 0 saturated heterocycles. The Morgan fingerprint density at radius 1 is 1.09 bits per heavy atom. The van der Waals surface area contributed by atoms with E-state index in [2.05, 4.69) is 21.5 Å². The highest BCUT2D eigenvalue weighted by molar-refractivity contribution is 5.74. The number of pyridine rings is 1. The van der Waals surface area contributed by atoms with Crippen LogP contribution in [0.5, 0.6) is 0 Å². The number of anilines is 2. The molecule has 2 aromatic heterocycles. The summed E-state index contributed by atoms with van der Waals surface area (Å²) in [6.07, 6.45) is 0.234. The van der Waals surface area contributed by atoms with E-state index in [1.165, 1.54) is 0 Å². The van der Waals surface area contributed by atoms with Crippen LogP contribution in [-0.4, -0.2) is 26.2 Å². The Balaban J connectivity index is 1.57. The number of nitriles is 1. The van der Waals surface area contributed by atoms with Gasteiger partial charge in [-0.1, -0.05) is 36.4 Å². The number of hydrogen-bond acceptors (Lipinski definition) is 6. The molecule has 0 fully saturated rings. The van der Waals surface area contributed by atoms with Gasteiger partial charge >= 0.3 is 5.97 Å². The predicted molar refractivity (Wildman–Crippen MR) is 127 cm³/mol. The van der Waals surface area contributed by atoms with E-state index in [4.69, 9.17) is 4.74 Å². The van der Waals surface area contributed by atoms with Gasteiger partial charge in [0.15, 0.2) is 5.65 Å². The molecular weight excluding hydrogens is 414 g/mol. The maximum absolute atomic E-state index is 12.1. The molecule has 0 bridgehead atoms. The number of rotatable bonds is 5. The first kappa shape index (κ1) is 22.0. The number of benzene rings is 2. The van der Waals surface area contributed by atoms with Gasteiger partial charge in [-0.2, -0.15) is 10.2 Å². The maximum atomic E-state index is 12.1. The fourth-order valence-corrected chi connectivity index (χ4v) is 3.59. The van der Waals surface area contributed by atoms with E-state index >= 15 is 0 Å². The van der Waals surface area contributed by atoms with Crippen LogP contribution >= 0.6 is 0 Å². The number of carbonyl (C=O) groups excluding carboxylic acids is 1. The number of aromatic nitrogens is 3. The second kappa shape index (κ2) is 8.75. The van der Waals surface area contributed by atoms with Crippen molar-refractivity contribution < 1.29 is 9.53 Å². The molecule has 2 aromatic carbocycles. The number of ether oxygens (including phenoxy) is 1. The highest BCUT2D eigenvalue weighted by Gasteiger charge is 2.17. The summed E-state index contributed by atoms with van der Waals surface area (Å²) in [5, 5.41) is 17.0. The number of aryl methyl sites for hydroxylation is 1. The number of nitrogens with zero attached hydrogens (tertiary/aromatic N) is 4. The SMILES string of the molecule is Cc1c(-c2ccc(CC(=O)OC(C)(C)C)cc2)ccc2nc(Nc3ccccc3C#N)nn12. The average Bonchev–Trinajstić information content (AvgIpc) is 3.17. The van der Waals surface area contributed by atoms with Crippen molar-refractivity contribution in [3.63, 3.8) is 0 Å². The fraction of sp³-hybridized carbons (Fsp3) is 0.231. The van der Waals surface area contributed by atoms with Crippen molar-refractivity contribution in [1.29, 1.82) is 5.26 Å². The zero-order valence-electron chi connectivity index (χ0n) is 19.1. The van der Waals surface area contributed by atoms with Crippen LogP contribution in [0.2, 0.25) is 0 Å². The normalized spacial score (nSPS) is 11.2. The third-order valence-electron chi connectivity index (χ3n) is 5.07. The zero-order chi connectivity index (χ0) is 23.6. The van der Waals surface area contributed by atoms with Gasteiger partial charge in [0.25, 0.3) is 0 Å². The molecule has 0 atom stereocenters. The molecule has 4 aromatic rings. The first-order valence-corrected chi connectivity index (χ1v) is 10.7. The Hall–Kier alpha value is -4.18. The van der Waals surface area contributed by atoms with E-state index in [0.29, 0.717) is 22.8 Å². The van der Waals surface area contributed by atoms with Gasteiger partial charge in [0.05, 0.1) is 17.7 Å². The van der Waals surface area contributed by atoms with Gasteiger partial charge in [-0.3, -0.25) is 4.79 Å². The van der Waals surface area contributed by atoms with E-state index in [1.54, 1.807) is 10.6 Å². The van der Waals surface area contributed by atoms with Gasteiger partial charge in [-0.15, -0.1) is 5.10 Å². The van der Waals surface area contributed by atoms with E-state index in [1.807, 2.05) is 82.3 Å². The van der Waals surface area contributed by atoms with Crippen LogP contribution in [0, 0.1) is 18.3 Å². The number of esters is 1. The van der Waals surface area contributed by atoms with Crippen LogP contribution in [0.1, 0.15) is 37.6 Å². The Morgan fingerprint density at radius 2 is 1.82 bits per heavy atom. The summed E-state index contributed by atoms with van der Waals surface area (Å²) in [6, 6.07) is 21.2. The molecule has 7 heteroatoms. The fourth-order valence-electron chi connectivity index (χ4n) is 3.59. The first-order valence-electron chi connectivity index (χ1n) is 10.7. The van der Waals surface area contributed by atoms with E-state index < -0.39 is 5.60 Å². The maximum Gasteiger partial charge on any atom is 0.310 e. The van der Waals surface area contributed by atoms with Crippen LogP contribution < -0.4 is 5.32 Å². The van der Waals surface area contributed by atoms with Crippen molar-refractivity contribution in [1.82, 2.24) is 14.6 Å². The Bertz CT molecular complexity index is 1360. The standard InChI is InChI=1S/C26H25N5O2/c1-17-21(19-11-9-18(10-12-19)15-24(32)33-26(2,3)4)13-14-23-29-25(30-31(17)23)28-22-8-6-5-7-20(22)16-27/h5-14H,15H2,1-4H3,(H,28,30). The lowest BCUT2D eigenvalue weighted by atomic mass is 10.0. The Kier molecular flexibility index (Phi) is 5.84. The van der Waals surface area contributed by atoms with Crippen molar-refractivity contribution >= 4 is 23.3 Å². The molecule has 33 heavy (non-hydrogen) atoms. The number of carbonyl (C=O) groups is 1. The number of para-hydroxylation sites is 1. The van der Waals surface area contributed by atoms with Gasteiger partial charge in [-0.05, 0) is 63.1 Å². The summed E-state index contributed by atoms with van der Waals surface area (Å²) in [7, 11) is 0. The largest absolute Gasteiger partial charge is 0.460 e. The molecule has 0 amide bonds. The molecule has 166 valence electrons. The summed E-state index contributed by atoms with van der Waals surface area (Å²) in [5.74, 6) is 0.180. The average molecular weight is 440 g/mol. The Labute approximate surface area is 192 Å². The van der Waals surface area contributed by atoms with E-state index in [-0.39, 0.29) is 12.4 Å². The lowest BCUT2D eigenvalue weighted by Gasteiger charge is -2.19. The van der Waals surface area contributed by atoms with Crippen molar-refractivity contribution in [2.45, 2.75) is 39.7 Å². The minimum atomic E-state index is -0.494. The Morgan fingerprint density at radius 3 is 2.52 bits per heavy atom. The minimum absolute atomic E-state index is 0.234. The quantitative estimate of drug-likeness (QED) is 0.430. The smallest absolute Gasteiger partial charge is 0.310 e. The highest BCUT2D eigenvalue weighted by Crippen LogP contribution is 2.26. The van der Waals surface area contributed by atoms with Gasteiger partial charge in [0.2, 0.25) is 5.95 Å². The monoisotopic (exact) mass is 439 g/mol. The number of hydrogen-bond donors (Lipinski definition) is 1. The summed E-state index contributed by atoms with van der Waals surface area (Å²) in [5.41, 5.74) is 5.26. The molecule has 0 aliphatic rings. The molecule has 0 saturated carbocycles. The first-order chi connectivity index (χ1) is 15.7. The molecule has 1 N–H and O–H groups in total. The number of nitrogens with one attached hydrogen (secondary N) is 1. The molecule has 2 heterocycles. The van der Waals surface area contributed by atoms with Crippen LogP contribution in [0.3, 0.4) is 0 Å². The van der Waals surface area contributed by atoms with Crippen molar-refractivity contribution in [2.75, 3.05) is 5.32 Å². The lowest BCUT2D eigenvalue weighted by Crippen LogP contribution is -2.24. The molecular formula is C26H25N5O2. The minimum Gasteiger partial charge on any atom is -0.460 e. The number of fused-ring (bicyclic) bond motifs is 1. The molecule has 0 unspecified atom stereocenters. The summed E-state index contributed by atoms with van der Waals surface area (Å²) in [6.45, 7) is 7.57. The van der Waals surface area contributed by atoms with Crippen molar-refractivity contribution in [3.8, 4) is 17.2 Å². The second-order valence-corrected chi connectivity index (χ2v) is 8.78. The van der Waals surface area contributed by atoms with Crippen LogP contribution in [0.25, 0.3) is 16.8 Å². The molecule has 0 aliphatic heterocycles. The van der Waals surface area contributed by atoms with E-state index in [9.17, 15) is 10.1 Å². The predicted octanol–water partition coefficient (Wildman–Crippen LogP) is 5.20. The molecule has 0 radical (unpaired) electrons. The second-order valence-electron chi connectivity index (χ2n) is 8.78. The third kappa shape index (κ3) is 5.01. The molecule has 4 rings (SSSR count). The summed E-state index contributed by atoms with van der Waals surface area (Å²) >= 11 is 0. The van der Waals surface area contributed by atoms with Crippen LogP contribution in [0.15, 0.2) is 60.7 Å². The summed E-state index contributed by atoms with van der Waals surface area (Å²) < 4.78 is 7.18. The third-order valence-corrected chi connectivity index (χ3v) is 5.07. The van der Waals surface area contributed by atoms with Gasteiger partial charge in [-0.25, -0.2) is 4.52 Å². The van der Waals surface area contributed by atoms with E-state index in [0.717, 1.165) is 22.4 Å². The van der Waals surface area contributed by atoms with Crippen LogP contribution in [0.4, 0.5) is 11.6 Å². The van der Waals surface area contributed by atoms with Gasteiger partial charge < -0.3 is 10.1 Å². The molecule has 0 spiro atoms. The van der Waals surface area contributed by atoms with Crippen molar-refractivity contribution in [2.24, 2.45) is 0 Å². The topological polar surface area (TPSA) is 92.3 Å². The molecule has 7 nitrogen and oxygen atoms in total. The summed E-state index contributed by atoms with van der Waals surface area (Å²) in [4.78, 5) is 16.6. The van der Waals surface area contributed by atoms with Gasteiger partial charge in [0.1, 0.15) is 11.7 Å². The highest BCUT2D eigenvalue weighted by atomic mass is 16.6.